The third-order valence-electron chi connectivity index (χ3n) is 6.04. The van der Waals surface area contributed by atoms with Gasteiger partial charge in [-0.25, -0.2) is 4.68 Å². The summed E-state index contributed by atoms with van der Waals surface area (Å²) in [4.78, 5) is 15.5. The molecule has 2 fully saturated rings. The summed E-state index contributed by atoms with van der Waals surface area (Å²) in [6.45, 7) is 6.18. The largest absolute Gasteiger partial charge is 0.493 e. The second-order valence-corrected chi connectivity index (χ2v) is 11.0. The van der Waals surface area contributed by atoms with Gasteiger partial charge in [0, 0.05) is 23.9 Å². The van der Waals surface area contributed by atoms with Crippen molar-refractivity contribution in [2.24, 2.45) is 5.92 Å². The predicted molar refractivity (Wildman–Crippen MR) is 148 cm³/mol. The van der Waals surface area contributed by atoms with E-state index in [-0.39, 0.29) is 12.0 Å². The summed E-state index contributed by atoms with van der Waals surface area (Å²) >= 11 is 6.88. The van der Waals surface area contributed by atoms with Crippen LogP contribution in [0.5, 0.6) is 5.75 Å². The van der Waals surface area contributed by atoms with Crippen LogP contribution in [0.15, 0.2) is 65.7 Å². The van der Waals surface area contributed by atoms with E-state index < -0.39 is 0 Å². The third-order valence-corrected chi connectivity index (χ3v) is 7.42. The first-order chi connectivity index (χ1) is 17.5. The molecule has 2 saturated heterocycles. The molecule has 0 aliphatic carbocycles. The van der Waals surface area contributed by atoms with Crippen LogP contribution in [0.2, 0.25) is 0 Å². The number of hydrogen-bond acceptors (Lipinski definition) is 6. The molecule has 2 aliphatic rings. The molecule has 0 radical (unpaired) electrons. The van der Waals surface area contributed by atoms with Crippen molar-refractivity contribution in [3.05, 3.63) is 71.3 Å². The Morgan fingerprint density at radius 2 is 1.97 bits per heavy atom. The summed E-state index contributed by atoms with van der Waals surface area (Å²) in [5, 5.41) is 4.89. The fourth-order valence-corrected chi connectivity index (χ4v) is 5.46. The highest BCUT2D eigenvalue weighted by atomic mass is 32.2. The van der Waals surface area contributed by atoms with Gasteiger partial charge >= 0.3 is 0 Å². The van der Waals surface area contributed by atoms with Crippen molar-refractivity contribution in [3.8, 4) is 22.7 Å². The molecule has 186 valence electrons. The highest BCUT2D eigenvalue weighted by Crippen LogP contribution is 2.36. The molecule has 0 bridgehead atoms. The fourth-order valence-electron chi connectivity index (χ4n) is 4.19. The van der Waals surface area contributed by atoms with Gasteiger partial charge in [0.1, 0.15) is 10.1 Å². The smallest absolute Gasteiger partial charge is 0.266 e. The highest BCUT2D eigenvalue weighted by Gasteiger charge is 2.35. The Morgan fingerprint density at radius 1 is 1.19 bits per heavy atom. The van der Waals surface area contributed by atoms with Crippen LogP contribution in [0, 0.1) is 5.92 Å². The van der Waals surface area contributed by atoms with E-state index in [0.717, 1.165) is 47.7 Å². The number of para-hydroxylation sites is 1. The van der Waals surface area contributed by atoms with Crippen LogP contribution < -0.4 is 4.74 Å². The van der Waals surface area contributed by atoms with Gasteiger partial charge in [0.05, 0.1) is 35.5 Å². The van der Waals surface area contributed by atoms with Crippen molar-refractivity contribution in [2.75, 3.05) is 19.8 Å². The van der Waals surface area contributed by atoms with Crippen LogP contribution in [-0.4, -0.2) is 50.8 Å². The second kappa shape index (κ2) is 11.0. The molecule has 1 atom stereocenters. The molecule has 0 saturated carbocycles. The molecule has 0 unspecified atom stereocenters. The number of thioether (sulfide) groups is 1. The van der Waals surface area contributed by atoms with Crippen molar-refractivity contribution in [3.63, 3.8) is 0 Å². The number of aromatic nitrogens is 2. The maximum absolute atomic E-state index is 13.3. The number of ether oxygens (including phenoxy) is 2. The van der Waals surface area contributed by atoms with E-state index in [9.17, 15) is 4.79 Å². The monoisotopic (exact) mass is 519 g/mol. The number of amides is 1. The maximum Gasteiger partial charge on any atom is 0.266 e. The first kappa shape index (κ1) is 24.7. The molecular formula is C28H29N3O3S2. The van der Waals surface area contributed by atoms with Gasteiger partial charge in [0.15, 0.2) is 0 Å². The molecule has 1 amide bonds. The van der Waals surface area contributed by atoms with Crippen LogP contribution in [-0.2, 0) is 9.53 Å². The lowest BCUT2D eigenvalue weighted by atomic mass is 10.1. The Balaban J connectivity index is 1.46. The second-order valence-electron chi connectivity index (χ2n) is 9.37. The normalized spacial score (nSPS) is 19.1. The molecular weight excluding hydrogens is 490 g/mol. The summed E-state index contributed by atoms with van der Waals surface area (Å²) in [7, 11) is 0. The first-order valence-corrected chi connectivity index (χ1v) is 13.5. The molecule has 0 spiro atoms. The van der Waals surface area contributed by atoms with Gasteiger partial charge in [-0.05, 0) is 61.2 Å². The van der Waals surface area contributed by atoms with E-state index in [2.05, 4.69) is 13.8 Å². The molecule has 36 heavy (non-hydrogen) atoms. The van der Waals surface area contributed by atoms with Crippen LogP contribution in [0.3, 0.4) is 0 Å². The SMILES string of the molecule is CC(C)COc1ccc(-c2nn(-c3ccccc3)cc2/C=C2\SC(=S)N(C[C@@H]3CCCO3)C2=O)cc1. The van der Waals surface area contributed by atoms with Gasteiger partial charge < -0.3 is 9.47 Å². The highest BCUT2D eigenvalue weighted by molar-refractivity contribution is 8.26. The van der Waals surface area contributed by atoms with Crippen molar-refractivity contribution in [1.82, 2.24) is 14.7 Å². The summed E-state index contributed by atoms with van der Waals surface area (Å²) < 4.78 is 14.0. The lowest BCUT2D eigenvalue weighted by molar-refractivity contribution is -0.123. The van der Waals surface area contributed by atoms with Crippen LogP contribution >= 0.6 is 24.0 Å². The zero-order valence-electron chi connectivity index (χ0n) is 20.4. The van der Waals surface area contributed by atoms with E-state index in [4.69, 9.17) is 26.8 Å². The Hall–Kier alpha value is -2.94. The Bertz CT molecular complexity index is 1260. The molecule has 2 aliphatic heterocycles. The van der Waals surface area contributed by atoms with Gasteiger partial charge in [0.25, 0.3) is 5.91 Å². The minimum absolute atomic E-state index is 0.0553. The maximum atomic E-state index is 13.3. The van der Waals surface area contributed by atoms with Crippen LogP contribution in [0.4, 0.5) is 0 Å². The Kier molecular flexibility index (Phi) is 7.55. The minimum Gasteiger partial charge on any atom is -0.493 e. The third kappa shape index (κ3) is 5.56. The number of carbonyl (C=O) groups excluding carboxylic acids is 1. The van der Waals surface area contributed by atoms with E-state index in [0.29, 0.717) is 28.3 Å². The summed E-state index contributed by atoms with van der Waals surface area (Å²) in [5.41, 5.74) is 3.54. The number of nitrogens with zero attached hydrogens (tertiary/aromatic N) is 3. The number of benzene rings is 2. The molecule has 5 rings (SSSR count). The number of rotatable bonds is 8. The fraction of sp³-hybridized carbons (Fsp3) is 0.321. The van der Waals surface area contributed by atoms with Gasteiger partial charge in [0.2, 0.25) is 0 Å². The molecule has 0 N–H and O–H groups in total. The number of hydrogen-bond donors (Lipinski definition) is 0. The van der Waals surface area contributed by atoms with E-state index >= 15 is 0 Å². The minimum atomic E-state index is -0.0728. The topological polar surface area (TPSA) is 56.6 Å². The summed E-state index contributed by atoms with van der Waals surface area (Å²) in [6, 6.07) is 17.9. The molecule has 1 aromatic heterocycles. The van der Waals surface area contributed by atoms with Gasteiger partial charge in [-0.15, -0.1) is 0 Å². The number of thiocarbonyl (C=S) groups is 1. The molecule has 3 aromatic rings. The summed E-state index contributed by atoms with van der Waals surface area (Å²) in [5.74, 6) is 1.21. The Morgan fingerprint density at radius 3 is 2.67 bits per heavy atom. The van der Waals surface area contributed by atoms with Crippen molar-refractivity contribution < 1.29 is 14.3 Å². The van der Waals surface area contributed by atoms with Gasteiger partial charge in [-0.1, -0.05) is 56.0 Å². The van der Waals surface area contributed by atoms with E-state index in [1.165, 1.54) is 11.8 Å². The molecule has 8 heteroatoms. The lowest BCUT2D eigenvalue weighted by Crippen LogP contribution is -2.35. The Labute approximate surface area is 221 Å². The van der Waals surface area contributed by atoms with E-state index in [1.807, 2.05) is 71.6 Å². The molecule has 3 heterocycles. The average Bonchev–Trinajstić information content (AvgIpc) is 3.61. The quantitative estimate of drug-likeness (QED) is 0.271. The molecule has 2 aromatic carbocycles. The van der Waals surface area contributed by atoms with E-state index in [1.54, 1.807) is 4.90 Å². The first-order valence-electron chi connectivity index (χ1n) is 12.2. The van der Waals surface area contributed by atoms with Gasteiger partial charge in [-0.2, -0.15) is 5.10 Å². The zero-order chi connectivity index (χ0) is 25.1. The van der Waals surface area contributed by atoms with Gasteiger partial charge in [-0.3, -0.25) is 9.69 Å². The van der Waals surface area contributed by atoms with Crippen LogP contribution in [0.1, 0.15) is 32.3 Å². The van der Waals surface area contributed by atoms with Crippen molar-refractivity contribution >= 4 is 40.3 Å². The summed E-state index contributed by atoms with van der Waals surface area (Å²) in [6.07, 6.45) is 5.90. The average molecular weight is 520 g/mol. The molecule has 6 nitrogen and oxygen atoms in total. The number of carbonyl (C=O) groups is 1. The van der Waals surface area contributed by atoms with Crippen LogP contribution in [0.25, 0.3) is 23.0 Å². The van der Waals surface area contributed by atoms with Crippen molar-refractivity contribution in [1.29, 1.82) is 0 Å². The standard InChI is InChI=1S/C28H29N3O3S2/c1-19(2)18-34-23-12-10-20(11-13-23)26-21(16-31(29-26)22-7-4-3-5-8-22)15-25-27(32)30(28(35)36-25)17-24-9-6-14-33-24/h3-5,7-8,10-13,15-16,19,24H,6,9,14,17-18H2,1-2H3/b25-15-/t24-/m0/s1. The van der Waals surface area contributed by atoms with Crippen molar-refractivity contribution in [2.45, 2.75) is 32.8 Å². The lowest BCUT2D eigenvalue weighted by Gasteiger charge is -2.18. The zero-order valence-corrected chi connectivity index (χ0v) is 22.1. The predicted octanol–water partition coefficient (Wildman–Crippen LogP) is 5.95.